The third kappa shape index (κ3) is 2.69. The number of anilines is 1. The van der Waals surface area contributed by atoms with Gasteiger partial charge in [-0.15, -0.1) is 0 Å². The molecule has 1 aliphatic carbocycles. The van der Waals surface area contributed by atoms with Gasteiger partial charge in [0.05, 0.1) is 0 Å². The predicted octanol–water partition coefficient (Wildman–Crippen LogP) is 2.83. The Morgan fingerprint density at radius 3 is 2.83 bits per heavy atom. The summed E-state index contributed by atoms with van der Waals surface area (Å²) in [5.41, 5.74) is 3.32. The molecule has 3 rings (SSSR count). The molecule has 0 aromatic heterocycles. The Morgan fingerprint density at radius 2 is 2.06 bits per heavy atom. The van der Waals surface area contributed by atoms with Gasteiger partial charge in [-0.3, -0.25) is 0 Å². The molecule has 0 unspecified atom stereocenters. The molecule has 1 aromatic carbocycles. The van der Waals surface area contributed by atoms with E-state index in [0.29, 0.717) is 5.41 Å². The smallest absolute Gasteiger partial charge is 0.0399 e. The van der Waals surface area contributed by atoms with Crippen LogP contribution < -0.4 is 10.2 Å². The fourth-order valence-electron chi connectivity index (χ4n) is 2.85. The third-order valence-corrected chi connectivity index (χ3v) is 4.05. The molecule has 0 saturated heterocycles. The summed E-state index contributed by atoms with van der Waals surface area (Å²) >= 11 is 0. The van der Waals surface area contributed by atoms with Gasteiger partial charge in [-0.1, -0.05) is 32.0 Å². The summed E-state index contributed by atoms with van der Waals surface area (Å²) in [6.45, 7) is 8.24. The van der Waals surface area contributed by atoms with Crippen LogP contribution in [0.15, 0.2) is 24.3 Å². The van der Waals surface area contributed by atoms with Crippen molar-refractivity contribution in [3.8, 4) is 0 Å². The van der Waals surface area contributed by atoms with Crippen LogP contribution in [0.1, 0.15) is 32.3 Å². The molecule has 1 N–H and O–H groups in total. The van der Waals surface area contributed by atoms with Crippen molar-refractivity contribution in [2.24, 2.45) is 5.41 Å². The number of hydrogen-bond donors (Lipinski definition) is 1. The van der Waals surface area contributed by atoms with Crippen molar-refractivity contribution in [1.29, 1.82) is 0 Å². The molecule has 0 atom stereocenters. The highest BCUT2D eigenvalue weighted by molar-refractivity contribution is 5.57. The van der Waals surface area contributed by atoms with Gasteiger partial charge in [-0.2, -0.15) is 0 Å². The van der Waals surface area contributed by atoms with E-state index < -0.39 is 0 Å². The zero-order chi connectivity index (χ0) is 12.6. The number of rotatable bonds is 5. The maximum Gasteiger partial charge on any atom is 0.0399 e. The number of nitrogens with one attached hydrogen (secondary N) is 1. The number of benzene rings is 1. The molecule has 1 saturated carbocycles. The molecular weight excluding hydrogens is 220 g/mol. The second kappa shape index (κ2) is 4.58. The van der Waals surface area contributed by atoms with Crippen LogP contribution in [0.3, 0.4) is 0 Å². The van der Waals surface area contributed by atoms with Crippen molar-refractivity contribution in [3.63, 3.8) is 0 Å². The lowest BCUT2D eigenvalue weighted by Crippen LogP contribution is -2.40. The number of fused-ring (bicyclic) bond motifs is 1. The van der Waals surface area contributed by atoms with Gasteiger partial charge in [0.2, 0.25) is 0 Å². The van der Waals surface area contributed by atoms with Gasteiger partial charge in [0.15, 0.2) is 0 Å². The lowest BCUT2D eigenvalue weighted by atomic mass is 9.92. The summed E-state index contributed by atoms with van der Waals surface area (Å²) in [6, 6.07) is 9.67. The molecule has 0 bridgehead atoms. The Labute approximate surface area is 110 Å². The fraction of sp³-hybridized carbons (Fsp3) is 0.625. The van der Waals surface area contributed by atoms with E-state index in [1.165, 1.54) is 37.1 Å². The van der Waals surface area contributed by atoms with E-state index >= 15 is 0 Å². The molecule has 18 heavy (non-hydrogen) atoms. The molecular formula is C16H24N2. The molecule has 2 nitrogen and oxygen atoms in total. The van der Waals surface area contributed by atoms with Crippen molar-refractivity contribution in [1.82, 2.24) is 5.32 Å². The van der Waals surface area contributed by atoms with Crippen LogP contribution in [-0.4, -0.2) is 25.7 Å². The Kier molecular flexibility index (Phi) is 3.06. The number of nitrogens with zero attached hydrogens (tertiary/aromatic N) is 1. The van der Waals surface area contributed by atoms with Crippen LogP contribution in [0.4, 0.5) is 5.69 Å². The van der Waals surface area contributed by atoms with Gasteiger partial charge in [-0.25, -0.2) is 0 Å². The SMILES string of the molecule is CC(C)(CNC1CC1)CN1CCc2ccccc21. The highest BCUT2D eigenvalue weighted by Gasteiger charge is 2.28. The summed E-state index contributed by atoms with van der Waals surface area (Å²) in [4.78, 5) is 2.56. The Hall–Kier alpha value is -1.02. The van der Waals surface area contributed by atoms with Crippen LogP contribution in [0.25, 0.3) is 0 Å². The highest BCUT2D eigenvalue weighted by atomic mass is 15.2. The first-order chi connectivity index (χ1) is 8.64. The quantitative estimate of drug-likeness (QED) is 0.857. The Balaban J connectivity index is 1.62. The van der Waals surface area contributed by atoms with Gasteiger partial charge < -0.3 is 10.2 Å². The fourth-order valence-corrected chi connectivity index (χ4v) is 2.85. The van der Waals surface area contributed by atoms with E-state index in [2.05, 4.69) is 48.3 Å². The van der Waals surface area contributed by atoms with E-state index in [4.69, 9.17) is 0 Å². The van der Waals surface area contributed by atoms with E-state index in [9.17, 15) is 0 Å². The minimum absolute atomic E-state index is 0.347. The van der Waals surface area contributed by atoms with Crippen molar-refractivity contribution >= 4 is 5.69 Å². The average molecular weight is 244 g/mol. The molecule has 2 aliphatic rings. The van der Waals surface area contributed by atoms with Crippen LogP contribution in [0, 0.1) is 5.41 Å². The van der Waals surface area contributed by atoms with Gasteiger partial charge in [0.1, 0.15) is 0 Å². The molecule has 0 radical (unpaired) electrons. The monoisotopic (exact) mass is 244 g/mol. The minimum Gasteiger partial charge on any atom is -0.370 e. The lowest BCUT2D eigenvalue weighted by Gasteiger charge is -2.32. The van der Waals surface area contributed by atoms with Crippen LogP contribution >= 0.6 is 0 Å². The summed E-state index contributed by atoms with van der Waals surface area (Å²) in [6.07, 6.45) is 3.97. The van der Waals surface area contributed by atoms with Gasteiger partial charge in [0.25, 0.3) is 0 Å². The highest BCUT2D eigenvalue weighted by Crippen LogP contribution is 2.31. The second-order valence-corrected chi connectivity index (χ2v) is 6.62. The first-order valence-corrected chi connectivity index (χ1v) is 7.20. The van der Waals surface area contributed by atoms with Crippen LogP contribution in [0.2, 0.25) is 0 Å². The normalized spacial score (nSPS) is 19.1. The Morgan fingerprint density at radius 1 is 1.28 bits per heavy atom. The molecule has 1 aliphatic heterocycles. The van der Waals surface area contributed by atoms with Gasteiger partial charge in [-0.05, 0) is 36.3 Å². The molecule has 2 heteroatoms. The van der Waals surface area contributed by atoms with Crippen molar-refractivity contribution in [2.45, 2.75) is 39.2 Å². The predicted molar refractivity (Wildman–Crippen MR) is 77.2 cm³/mol. The average Bonchev–Trinajstić information content (AvgIpc) is 3.10. The lowest BCUT2D eigenvalue weighted by molar-refractivity contribution is 0.342. The summed E-state index contributed by atoms with van der Waals surface area (Å²) in [5, 5.41) is 3.67. The van der Waals surface area contributed by atoms with E-state index in [0.717, 1.165) is 19.1 Å². The minimum atomic E-state index is 0.347. The van der Waals surface area contributed by atoms with E-state index in [1.807, 2.05) is 0 Å². The number of para-hydroxylation sites is 1. The molecule has 1 heterocycles. The summed E-state index contributed by atoms with van der Waals surface area (Å²) < 4.78 is 0. The summed E-state index contributed by atoms with van der Waals surface area (Å²) in [7, 11) is 0. The zero-order valence-electron chi connectivity index (χ0n) is 11.6. The zero-order valence-corrected chi connectivity index (χ0v) is 11.6. The largest absolute Gasteiger partial charge is 0.370 e. The third-order valence-electron chi connectivity index (χ3n) is 4.05. The Bertz CT molecular complexity index is 421. The molecule has 0 spiro atoms. The summed E-state index contributed by atoms with van der Waals surface area (Å²) in [5.74, 6) is 0. The first-order valence-electron chi connectivity index (χ1n) is 7.20. The van der Waals surface area contributed by atoms with Crippen LogP contribution in [-0.2, 0) is 6.42 Å². The maximum atomic E-state index is 3.67. The molecule has 1 fully saturated rings. The van der Waals surface area contributed by atoms with E-state index in [-0.39, 0.29) is 0 Å². The molecule has 1 aromatic rings. The van der Waals surface area contributed by atoms with Crippen molar-refractivity contribution < 1.29 is 0 Å². The van der Waals surface area contributed by atoms with Crippen molar-refractivity contribution in [3.05, 3.63) is 29.8 Å². The van der Waals surface area contributed by atoms with Gasteiger partial charge >= 0.3 is 0 Å². The molecule has 98 valence electrons. The standard InChI is InChI=1S/C16H24N2/c1-16(2,11-17-14-7-8-14)12-18-10-9-13-5-3-4-6-15(13)18/h3-6,14,17H,7-12H2,1-2H3. The number of hydrogen-bond acceptors (Lipinski definition) is 2. The van der Waals surface area contributed by atoms with E-state index in [1.54, 1.807) is 0 Å². The second-order valence-electron chi connectivity index (χ2n) is 6.62. The van der Waals surface area contributed by atoms with Crippen molar-refractivity contribution in [2.75, 3.05) is 24.5 Å². The maximum absolute atomic E-state index is 3.67. The molecule has 0 amide bonds. The first kappa shape index (κ1) is 12.0. The van der Waals surface area contributed by atoms with Crippen LogP contribution in [0.5, 0.6) is 0 Å². The van der Waals surface area contributed by atoms with Gasteiger partial charge in [0, 0.05) is 31.4 Å². The topological polar surface area (TPSA) is 15.3 Å².